The minimum Gasteiger partial charge on any atom is -0.483 e. The number of carboxylic acid groups (broad SMARTS) is 1. The standard InChI is InChI=1S/C16H35NO.CH2O2/c1-4-5-6-7-8-9-10-11-12-13-14-15(2)16(3,17)18;2-1-3/h15,18H,4-14,17H2,1-3H3;1H,(H,2,3). The number of aliphatic hydroxyl groups is 1. The highest BCUT2D eigenvalue weighted by Crippen LogP contribution is 2.19. The first-order chi connectivity index (χ1) is 9.90. The van der Waals surface area contributed by atoms with Crippen LogP contribution in [0.3, 0.4) is 0 Å². The van der Waals surface area contributed by atoms with E-state index in [1.54, 1.807) is 6.92 Å². The number of nitrogens with two attached hydrogens (primary N) is 1. The van der Waals surface area contributed by atoms with E-state index < -0.39 is 5.72 Å². The Morgan fingerprint density at radius 1 is 1.00 bits per heavy atom. The van der Waals surface area contributed by atoms with E-state index in [-0.39, 0.29) is 12.4 Å². The number of hydrogen-bond acceptors (Lipinski definition) is 3. The number of unbranched alkanes of at least 4 members (excludes halogenated alkanes) is 9. The molecule has 4 heteroatoms. The van der Waals surface area contributed by atoms with Gasteiger partial charge in [0, 0.05) is 0 Å². The van der Waals surface area contributed by atoms with Crippen LogP contribution in [0.25, 0.3) is 0 Å². The zero-order valence-electron chi connectivity index (χ0n) is 14.3. The minimum atomic E-state index is -1.00. The fraction of sp³-hybridized carbons (Fsp3) is 0.941. The molecule has 0 heterocycles. The van der Waals surface area contributed by atoms with Crippen molar-refractivity contribution in [1.29, 1.82) is 0 Å². The Labute approximate surface area is 131 Å². The first-order valence-corrected chi connectivity index (χ1v) is 8.49. The molecule has 4 nitrogen and oxygen atoms in total. The van der Waals surface area contributed by atoms with Gasteiger partial charge < -0.3 is 15.9 Å². The summed E-state index contributed by atoms with van der Waals surface area (Å²) in [6.45, 7) is 5.75. The molecule has 21 heavy (non-hydrogen) atoms. The van der Waals surface area contributed by atoms with Gasteiger partial charge in [0.25, 0.3) is 6.47 Å². The summed E-state index contributed by atoms with van der Waals surface area (Å²) < 4.78 is 0. The molecule has 0 rings (SSSR count). The summed E-state index contributed by atoms with van der Waals surface area (Å²) in [6.07, 6.45) is 14.6. The van der Waals surface area contributed by atoms with Gasteiger partial charge >= 0.3 is 0 Å². The van der Waals surface area contributed by atoms with Gasteiger partial charge in [-0.1, -0.05) is 78.1 Å². The molecule has 0 fully saturated rings. The topological polar surface area (TPSA) is 83.5 Å². The average molecular weight is 303 g/mol. The van der Waals surface area contributed by atoms with Crippen LogP contribution in [-0.4, -0.2) is 22.4 Å². The molecular weight excluding hydrogens is 266 g/mol. The summed E-state index contributed by atoms with van der Waals surface area (Å²) in [4.78, 5) is 8.36. The SMILES string of the molecule is CCCCCCCCCCCCC(C)C(C)(N)O.O=CO. The van der Waals surface area contributed by atoms with Crippen LogP contribution in [0.5, 0.6) is 0 Å². The predicted octanol–water partition coefficient (Wildman–Crippen LogP) is 4.30. The van der Waals surface area contributed by atoms with E-state index in [0.29, 0.717) is 0 Å². The maximum atomic E-state index is 9.61. The molecular formula is C17H37NO3. The highest BCUT2D eigenvalue weighted by Gasteiger charge is 2.21. The Kier molecular flexibility index (Phi) is 17.0. The van der Waals surface area contributed by atoms with E-state index in [4.69, 9.17) is 15.6 Å². The smallest absolute Gasteiger partial charge is 0.290 e. The lowest BCUT2D eigenvalue weighted by Crippen LogP contribution is -2.42. The summed E-state index contributed by atoms with van der Waals surface area (Å²) in [5, 5.41) is 16.5. The average Bonchev–Trinajstić information content (AvgIpc) is 2.40. The largest absolute Gasteiger partial charge is 0.483 e. The van der Waals surface area contributed by atoms with Crippen molar-refractivity contribution >= 4 is 6.47 Å². The van der Waals surface area contributed by atoms with Crippen molar-refractivity contribution in [3.63, 3.8) is 0 Å². The lowest BCUT2D eigenvalue weighted by Gasteiger charge is -2.25. The third kappa shape index (κ3) is 19.4. The maximum absolute atomic E-state index is 9.61. The van der Waals surface area contributed by atoms with E-state index in [1.165, 1.54) is 64.2 Å². The highest BCUT2D eigenvalue weighted by atomic mass is 16.3. The van der Waals surface area contributed by atoms with Crippen molar-refractivity contribution in [3.05, 3.63) is 0 Å². The molecule has 2 unspecified atom stereocenters. The van der Waals surface area contributed by atoms with Crippen molar-refractivity contribution in [1.82, 2.24) is 0 Å². The fourth-order valence-corrected chi connectivity index (χ4v) is 2.23. The molecule has 128 valence electrons. The second kappa shape index (κ2) is 15.8. The lowest BCUT2D eigenvalue weighted by molar-refractivity contribution is -0.122. The third-order valence-corrected chi connectivity index (χ3v) is 3.99. The zero-order chi connectivity index (χ0) is 16.6. The predicted molar refractivity (Wildman–Crippen MR) is 89.1 cm³/mol. The Morgan fingerprint density at radius 2 is 1.33 bits per heavy atom. The van der Waals surface area contributed by atoms with Crippen LogP contribution in [0.1, 0.15) is 91.4 Å². The first kappa shape index (κ1) is 22.7. The van der Waals surface area contributed by atoms with Gasteiger partial charge in [0.1, 0.15) is 5.72 Å². The molecule has 0 saturated carbocycles. The van der Waals surface area contributed by atoms with Crippen LogP contribution >= 0.6 is 0 Å². The molecule has 0 aliphatic rings. The molecule has 0 aliphatic heterocycles. The summed E-state index contributed by atoms with van der Waals surface area (Å²) in [5.41, 5.74) is 4.65. The van der Waals surface area contributed by atoms with Crippen LogP contribution in [0.2, 0.25) is 0 Å². The van der Waals surface area contributed by atoms with Gasteiger partial charge in [-0.05, 0) is 19.3 Å². The quantitative estimate of drug-likeness (QED) is 0.285. The Bertz CT molecular complexity index is 215. The molecule has 4 N–H and O–H groups in total. The van der Waals surface area contributed by atoms with Crippen LogP contribution in [0.15, 0.2) is 0 Å². The van der Waals surface area contributed by atoms with Crippen molar-refractivity contribution < 1.29 is 15.0 Å². The number of rotatable bonds is 12. The molecule has 0 spiro atoms. The van der Waals surface area contributed by atoms with E-state index in [2.05, 4.69) is 6.92 Å². The normalized spacial score (nSPS) is 14.7. The maximum Gasteiger partial charge on any atom is 0.290 e. The van der Waals surface area contributed by atoms with Crippen molar-refractivity contribution in [2.75, 3.05) is 0 Å². The summed E-state index contributed by atoms with van der Waals surface area (Å²) in [7, 11) is 0. The number of carbonyl (C=O) groups is 1. The van der Waals surface area contributed by atoms with Gasteiger partial charge in [0.2, 0.25) is 0 Å². The van der Waals surface area contributed by atoms with Gasteiger partial charge in [0.15, 0.2) is 0 Å². The summed E-state index contributed by atoms with van der Waals surface area (Å²) >= 11 is 0. The fourth-order valence-electron chi connectivity index (χ4n) is 2.23. The molecule has 0 radical (unpaired) electrons. The molecule has 2 atom stereocenters. The lowest BCUT2D eigenvalue weighted by atomic mass is 9.93. The summed E-state index contributed by atoms with van der Waals surface area (Å²) in [5.74, 6) is 0.201. The molecule has 0 amide bonds. The molecule has 0 aromatic heterocycles. The van der Waals surface area contributed by atoms with Gasteiger partial charge in [-0.25, -0.2) is 0 Å². The molecule has 0 aromatic carbocycles. The number of hydrogen-bond donors (Lipinski definition) is 3. The molecule has 0 aliphatic carbocycles. The monoisotopic (exact) mass is 303 g/mol. The Morgan fingerprint density at radius 3 is 1.67 bits per heavy atom. The van der Waals surface area contributed by atoms with Crippen molar-refractivity contribution in [2.24, 2.45) is 11.7 Å². The zero-order valence-corrected chi connectivity index (χ0v) is 14.3. The van der Waals surface area contributed by atoms with Crippen LogP contribution in [0.4, 0.5) is 0 Å². The van der Waals surface area contributed by atoms with Gasteiger partial charge in [-0.3, -0.25) is 4.79 Å². The third-order valence-electron chi connectivity index (χ3n) is 3.99. The minimum absolute atomic E-state index is 0.201. The molecule has 0 saturated heterocycles. The second-order valence-corrected chi connectivity index (χ2v) is 6.20. The van der Waals surface area contributed by atoms with E-state index in [0.717, 1.165) is 6.42 Å². The van der Waals surface area contributed by atoms with E-state index >= 15 is 0 Å². The van der Waals surface area contributed by atoms with Crippen molar-refractivity contribution in [2.45, 2.75) is 97.1 Å². The van der Waals surface area contributed by atoms with E-state index in [1.807, 2.05) is 6.92 Å². The molecule has 0 bridgehead atoms. The summed E-state index contributed by atoms with van der Waals surface area (Å²) in [6, 6.07) is 0. The Hall–Kier alpha value is -0.610. The van der Waals surface area contributed by atoms with Gasteiger partial charge in [-0.2, -0.15) is 0 Å². The highest BCUT2D eigenvalue weighted by molar-refractivity contribution is 5.32. The van der Waals surface area contributed by atoms with Crippen molar-refractivity contribution in [3.8, 4) is 0 Å². The second-order valence-electron chi connectivity index (χ2n) is 6.20. The van der Waals surface area contributed by atoms with E-state index in [9.17, 15) is 5.11 Å². The first-order valence-electron chi connectivity index (χ1n) is 8.49. The van der Waals surface area contributed by atoms with Crippen LogP contribution in [-0.2, 0) is 4.79 Å². The Balaban J connectivity index is 0. The van der Waals surface area contributed by atoms with Gasteiger partial charge in [-0.15, -0.1) is 0 Å². The molecule has 0 aromatic rings. The van der Waals surface area contributed by atoms with Crippen LogP contribution < -0.4 is 5.73 Å². The van der Waals surface area contributed by atoms with Gasteiger partial charge in [0.05, 0.1) is 0 Å². The van der Waals surface area contributed by atoms with Crippen LogP contribution in [0, 0.1) is 5.92 Å².